The molecule has 3 aromatic heterocycles. The van der Waals surface area contributed by atoms with E-state index < -0.39 is 0 Å². The third-order valence-corrected chi connectivity index (χ3v) is 5.67. The zero-order valence-electron chi connectivity index (χ0n) is 16.9. The standard InChI is InChI=1S/C21H20BrClN6O2/c1-12-19(13(2)31-28-12)21(30)25-9-5-8-24-18-10-17(14-6-3-4-7-16(14)23)27-20-15(22)11-26-29(18)20/h3-4,6-7,10-11,24H,5,8-9H2,1-2H3,(H,25,30). The molecule has 0 radical (unpaired) electrons. The van der Waals surface area contributed by atoms with Crippen molar-refractivity contribution in [1.82, 2.24) is 25.1 Å². The number of nitrogens with zero attached hydrogens (tertiary/aromatic N) is 4. The molecule has 0 aliphatic rings. The minimum Gasteiger partial charge on any atom is -0.370 e. The lowest BCUT2D eigenvalue weighted by Gasteiger charge is -2.12. The van der Waals surface area contributed by atoms with Crippen molar-refractivity contribution in [3.05, 3.63) is 63.0 Å². The van der Waals surface area contributed by atoms with Crippen LogP contribution in [0.15, 0.2) is 45.5 Å². The van der Waals surface area contributed by atoms with Gasteiger partial charge in [-0.05, 0) is 42.3 Å². The summed E-state index contributed by atoms with van der Waals surface area (Å²) in [5.41, 5.74) is 3.35. The molecule has 2 N–H and O–H groups in total. The molecule has 0 bridgehead atoms. The van der Waals surface area contributed by atoms with Crippen LogP contribution in [-0.4, -0.2) is 38.8 Å². The average molecular weight is 504 g/mol. The molecule has 0 aliphatic heterocycles. The highest BCUT2D eigenvalue weighted by atomic mass is 79.9. The Morgan fingerprint density at radius 3 is 2.81 bits per heavy atom. The molecular weight excluding hydrogens is 484 g/mol. The molecule has 0 atom stereocenters. The maximum atomic E-state index is 12.3. The van der Waals surface area contributed by atoms with Crippen LogP contribution in [0, 0.1) is 13.8 Å². The quantitative estimate of drug-likeness (QED) is 0.356. The minimum atomic E-state index is -0.181. The van der Waals surface area contributed by atoms with Crippen LogP contribution in [0.25, 0.3) is 16.9 Å². The van der Waals surface area contributed by atoms with Gasteiger partial charge in [-0.25, -0.2) is 4.98 Å². The van der Waals surface area contributed by atoms with E-state index in [4.69, 9.17) is 21.1 Å². The molecule has 1 aromatic carbocycles. The van der Waals surface area contributed by atoms with Crippen LogP contribution in [0.3, 0.4) is 0 Å². The van der Waals surface area contributed by atoms with Crippen LogP contribution in [0.5, 0.6) is 0 Å². The van der Waals surface area contributed by atoms with Gasteiger partial charge in [-0.2, -0.15) is 9.61 Å². The number of rotatable bonds is 7. The first kappa shape index (κ1) is 21.3. The highest BCUT2D eigenvalue weighted by Crippen LogP contribution is 2.30. The fourth-order valence-electron chi connectivity index (χ4n) is 3.27. The van der Waals surface area contributed by atoms with E-state index in [1.807, 2.05) is 30.3 Å². The summed E-state index contributed by atoms with van der Waals surface area (Å²) in [6, 6.07) is 9.49. The number of carbonyl (C=O) groups excluding carboxylic acids is 1. The number of hydrogen-bond acceptors (Lipinski definition) is 6. The number of aromatic nitrogens is 4. The van der Waals surface area contributed by atoms with Crippen molar-refractivity contribution >= 4 is 44.9 Å². The summed E-state index contributed by atoms with van der Waals surface area (Å²) in [7, 11) is 0. The number of benzene rings is 1. The molecule has 0 saturated heterocycles. The SMILES string of the molecule is Cc1noc(C)c1C(=O)NCCCNc1cc(-c2ccccc2Cl)nc2c(Br)cnn12. The summed E-state index contributed by atoms with van der Waals surface area (Å²) in [5.74, 6) is 1.12. The summed E-state index contributed by atoms with van der Waals surface area (Å²) < 4.78 is 7.57. The second-order valence-corrected chi connectivity index (χ2v) is 8.23. The van der Waals surface area contributed by atoms with E-state index in [1.165, 1.54) is 0 Å². The first-order chi connectivity index (χ1) is 15.0. The van der Waals surface area contributed by atoms with Crippen molar-refractivity contribution in [2.75, 3.05) is 18.4 Å². The Balaban J connectivity index is 1.45. The molecule has 0 spiro atoms. The third kappa shape index (κ3) is 4.42. The van der Waals surface area contributed by atoms with E-state index in [9.17, 15) is 4.79 Å². The number of fused-ring (bicyclic) bond motifs is 1. The van der Waals surface area contributed by atoms with Crippen LogP contribution in [0.1, 0.15) is 28.2 Å². The van der Waals surface area contributed by atoms with E-state index in [2.05, 4.69) is 36.8 Å². The van der Waals surface area contributed by atoms with Crippen LogP contribution in [0.4, 0.5) is 5.82 Å². The van der Waals surface area contributed by atoms with Gasteiger partial charge in [0.15, 0.2) is 5.65 Å². The van der Waals surface area contributed by atoms with Crippen LogP contribution in [-0.2, 0) is 0 Å². The van der Waals surface area contributed by atoms with Gasteiger partial charge in [0.05, 0.1) is 22.1 Å². The maximum absolute atomic E-state index is 12.3. The second kappa shape index (κ2) is 9.07. The van der Waals surface area contributed by atoms with Crippen molar-refractivity contribution in [3.63, 3.8) is 0 Å². The van der Waals surface area contributed by atoms with Gasteiger partial charge in [0, 0.05) is 29.7 Å². The average Bonchev–Trinajstić information content (AvgIpc) is 3.29. The normalized spacial score (nSPS) is 11.1. The van der Waals surface area contributed by atoms with Gasteiger partial charge in [0.2, 0.25) is 0 Å². The molecule has 4 rings (SSSR count). The highest BCUT2D eigenvalue weighted by molar-refractivity contribution is 9.10. The summed E-state index contributed by atoms with van der Waals surface area (Å²) in [6.07, 6.45) is 2.41. The molecule has 160 valence electrons. The first-order valence-corrected chi connectivity index (χ1v) is 10.9. The molecule has 0 unspecified atom stereocenters. The molecular formula is C21H20BrClN6O2. The minimum absolute atomic E-state index is 0.181. The Kier molecular flexibility index (Phi) is 6.24. The van der Waals surface area contributed by atoms with Gasteiger partial charge in [0.1, 0.15) is 17.1 Å². The van der Waals surface area contributed by atoms with Crippen LogP contribution in [0.2, 0.25) is 5.02 Å². The van der Waals surface area contributed by atoms with Gasteiger partial charge in [-0.1, -0.05) is 35.0 Å². The number of aryl methyl sites for hydroxylation is 2. The monoisotopic (exact) mass is 502 g/mol. The lowest BCUT2D eigenvalue weighted by molar-refractivity contribution is 0.0951. The summed E-state index contributed by atoms with van der Waals surface area (Å²) in [6.45, 7) is 4.61. The van der Waals surface area contributed by atoms with Gasteiger partial charge in [-0.3, -0.25) is 4.79 Å². The third-order valence-electron chi connectivity index (χ3n) is 4.78. The molecule has 0 saturated carbocycles. The van der Waals surface area contributed by atoms with Crippen molar-refractivity contribution in [2.45, 2.75) is 20.3 Å². The van der Waals surface area contributed by atoms with Crippen LogP contribution < -0.4 is 10.6 Å². The molecule has 4 aromatic rings. The topological polar surface area (TPSA) is 97.3 Å². The van der Waals surface area contributed by atoms with Gasteiger partial charge in [-0.15, -0.1) is 0 Å². The largest absolute Gasteiger partial charge is 0.370 e. The van der Waals surface area contributed by atoms with E-state index in [-0.39, 0.29) is 5.91 Å². The lowest BCUT2D eigenvalue weighted by Crippen LogP contribution is -2.26. The number of carbonyl (C=O) groups is 1. The number of nitrogens with one attached hydrogen (secondary N) is 2. The van der Waals surface area contributed by atoms with Gasteiger partial charge in [0.25, 0.3) is 5.91 Å². The summed E-state index contributed by atoms with van der Waals surface area (Å²) in [5, 5.41) is 15.1. The maximum Gasteiger partial charge on any atom is 0.256 e. The zero-order valence-corrected chi connectivity index (χ0v) is 19.3. The summed E-state index contributed by atoms with van der Waals surface area (Å²) >= 11 is 9.87. The number of halogens is 2. The molecule has 3 heterocycles. The molecule has 0 fully saturated rings. The Morgan fingerprint density at radius 2 is 2.06 bits per heavy atom. The van der Waals surface area contributed by atoms with Crippen molar-refractivity contribution in [3.8, 4) is 11.3 Å². The van der Waals surface area contributed by atoms with E-state index in [0.717, 1.165) is 21.5 Å². The Hall–Kier alpha value is -2.91. The Bertz CT molecular complexity index is 1230. The zero-order chi connectivity index (χ0) is 22.0. The predicted octanol–water partition coefficient (Wildman–Crippen LogP) is 4.65. The molecule has 1 amide bonds. The number of amides is 1. The lowest BCUT2D eigenvalue weighted by atomic mass is 10.1. The van der Waals surface area contributed by atoms with E-state index >= 15 is 0 Å². The molecule has 31 heavy (non-hydrogen) atoms. The highest BCUT2D eigenvalue weighted by Gasteiger charge is 2.17. The smallest absolute Gasteiger partial charge is 0.256 e. The molecule has 8 nitrogen and oxygen atoms in total. The van der Waals surface area contributed by atoms with Crippen LogP contribution >= 0.6 is 27.5 Å². The Labute approximate surface area is 192 Å². The van der Waals surface area contributed by atoms with Gasteiger partial charge < -0.3 is 15.2 Å². The fourth-order valence-corrected chi connectivity index (χ4v) is 3.85. The summed E-state index contributed by atoms with van der Waals surface area (Å²) in [4.78, 5) is 17.0. The van der Waals surface area contributed by atoms with E-state index in [1.54, 1.807) is 24.6 Å². The Morgan fingerprint density at radius 1 is 1.26 bits per heavy atom. The van der Waals surface area contributed by atoms with E-state index in [0.29, 0.717) is 47.2 Å². The molecule has 10 heteroatoms. The second-order valence-electron chi connectivity index (χ2n) is 6.97. The molecule has 0 aliphatic carbocycles. The predicted molar refractivity (Wildman–Crippen MR) is 123 cm³/mol. The fraction of sp³-hybridized carbons (Fsp3) is 0.238. The number of anilines is 1. The number of hydrogen-bond donors (Lipinski definition) is 2. The van der Waals surface area contributed by atoms with Crippen molar-refractivity contribution < 1.29 is 9.32 Å². The van der Waals surface area contributed by atoms with Gasteiger partial charge >= 0.3 is 0 Å². The van der Waals surface area contributed by atoms with Crippen molar-refractivity contribution in [2.24, 2.45) is 0 Å². The van der Waals surface area contributed by atoms with Crippen molar-refractivity contribution in [1.29, 1.82) is 0 Å². The first-order valence-electron chi connectivity index (χ1n) is 9.70.